The van der Waals surface area contributed by atoms with Crippen molar-refractivity contribution in [1.82, 2.24) is 19.5 Å². The van der Waals surface area contributed by atoms with E-state index in [0.29, 0.717) is 63.6 Å². The number of imidazole rings is 1. The molecule has 0 bridgehead atoms. The summed E-state index contributed by atoms with van der Waals surface area (Å²) in [6.45, 7) is 0. The maximum absolute atomic E-state index is 11.7. The molecule has 0 saturated heterocycles. The van der Waals surface area contributed by atoms with Gasteiger partial charge in [0.2, 0.25) is 17.8 Å². The van der Waals surface area contributed by atoms with E-state index in [2.05, 4.69) is 15.6 Å². The van der Waals surface area contributed by atoms with Gasteiger partial charge in [-0.15, -0.1) is 0 Å². The third-order valence-electron chi connectivity index (χ3n) is 7.04. The third kappa shape index (κ3) is 4.91. The van der Waals surface area contributed by atoms with E-state index in [1.54, 1.807) is 18.3 Å². The lowest BCUT2D eigenvalue weighted by Gasteiger charge is -2.29. The Morgan fingerprint density at radius 1 is 1.14 bits per heavy atom. The number of benzene rings is 1. The first kappa shape index (κ1) is 24.6. The average molecular weight is 529 g/mol. The molecular weight excluding hydrogens is 503 g/mol. The van der Waals surface area contributed by atoms with Crippen molar-refractivity contribution in [2.24, 2.45) is 11.7 Å². The smallest absolute Gasteiger partial charge is 0.224 e. The molecule has 2 heterocycles. The van der Waals surface area contributed by atoms with Gasteiger partial charge in [0.1, 0.15) is 5.52 Å². The Kier molecular flexibility index (Phi) is 6.88. The zero-order valence-corrected chi connectivity index (χ0v) is 20.9. The van der Waals surface area contributed by atoms with Crippen LogP contribution < -0.4 is 16.4 Å². The Morgan fingerprint density at radius 3 is 2.47 bits per heavy atom. The van der Waals surface area contributed by atoms with Gasteiger partial charge in [0, 0.05) is 18.0 Å². The summed E-state index contributed by atoms with van der Waals surface area (Å²) in [5.41, 5.74) is 7.57. The first-order valence-electron chi connectivity index (χ1n) is 12.0. The molecule has 0 aliphatic heterocycles. The van der Waals surface area contributed by atoms with Gasteiger partial charge < -0.3 is 21.5 Å². The minimum absolute atomic E-state index is 0.0140. The van der Waals surface area contributed by atoms with Crippen molar-refractivity contribution in [3.8, 4) is 6.07 Å². The molecule has 2 saturated carbocycles. The summed E-state index contributed by atoms with van der Waals surface area (Å²) in [6.07, 6.45) is 6.41. The van der Waals surface area contributed by atoms with Gasteiger partial charge in [-0.3, -0.25) is 9.36 Å². The van der Waals surface area contributed by atoms with Crippen molar-refractivity contribution < 1.29 is 9.90 Å². The van der Waals surface area contributed by atoms with E-state index in [-0.39, 0.29) is 30.0 Å². The van der Waals surface area contributed by atoms with E-state index in [0.717, 1.165) is 25.7 Å². The Morgan fingerprint density at radius 2 is 1.86 bits per heavy atom. The number of carbonyl (C=O) groups is 1. The fourth-order valence-corrected chi connectivity index (χ4v) is 5.73. The molecule has 1 amide bonds. The van der Waals surface area contributed by atoms with E-state index in [4.69, 9.17) is 38.9 Å². The van der Waals surface area contributed by atoms with E-state index in [1.165, 1.54) is 0 Å². The van der Waals surface area contributed by atoms with Crippen molar-refractivity contribution in [3.63, 3.8) is 0 Å². The van der Waals surface area contributed by atoms with Crippen LogP contribution in [0, 0.1) is 17.2 Å². The Bertz CT molecular complexity index is 1320. The normalized spacial score (nSPS) is 23.9. The minimum atomic E-state index is -0.310. The van der Waals surface area contributed by atoms with Crippen LogP contribution in [0.5, 0.6) is 0 Å². The third-order valence-corrected chi connectivity index (χ3v) is 7.64. The largest absolute Gasteiger partial charge is 0.393 e. The molecule has 2 fully saturated rings. The Hall–Kier alpha value is -3.13. The number of aliphatic hydroxyl groups is 1. The van der Waals surface area contributed by atoms with Crippen molar-refractivity contribution in [2.75, 3.05) is 10.6 Å². The summed E-state index contributed by atoms with van der Waals surface area (Å²) in [5.74, 6) is 0.542. The van der Waals surface area contributed by atoms with Crippen LogP contribution in [-0.4, -0.2) is 42.7 Å². The second-order valence-electron chi connectivity index (χ2n) is 9.48. The highest BCUT2D eigenvalue weighted by atomic mass is 35.5. The molecular formula is C24H26Cl2N8O2. The van der Waals surface area contributed by atoms with Crippen LogP contribution in [0.3, 0.4) is 0 Å². The number of primary amides is 1. The van der Waals surface area contributed by atoms with E-state index in [9.17, 15) is 15.2 Å². The molecule has 2 aromatic heterocycles. The molecule has 2 aliphatic carbocycles. The minimum Gasteiger partial charge on any atom is -0.393 e. The number of anilines is 3. The van der Waals surface area contributed by atoms with Gasteiger partial charge in [-0.2, -0.15) is 10.2 Å². The highest BCUT2D eigenvalue weighted by Gasteiger charge is 2.30. The topological polar surface area (TPSA) is 155 Å². The summed E-state index contributed by atoms with van der Waals surface area (Å²) in [7, 11) is 0. The molecule has 2 atom stereocenters. The monoisotopic (exact) mass is 528 g/mol. The summed E-state index contributed by atoms with van der Waals surface area (Å²) >= 11 is 12.9. The molecule has 3 aromatic rings. The van der Waals surface area contributed by atoms with Crippen molar-refractivity contribution in [3.05, 3.63) is 33.9 Å². The highest BCUT2D eigenvalue weighted by Crippen LogP contribution is 2.39. The average Bonchev–Trinajstić information content (AvgIpc) is 3.43. The molecule has 5 N–H and O–H groups in total. The summed E-state index contributed by atoms with van der Waals surface area (Å²) in [5, 5.41) is 26.2. The fourth-order valence-electron chi connectivity index (χ4n) is 5.15. The van der Waals surface area contributed by atoms with Gasteiger partial charge in [-0.25, -0.2) is 9.97 Å². The van der Waals surface area contributed by atoms with Gasteiger partial charge in [0.25, 0.3) is 0 Å². The fraction of sp³-hybridized carbons (Fsp3) is 0.458. The Labute approximate surface area is 217 Å². The molecule has 188 valence electrons. The van der Waals surface area contributed by atoms with Gasteiger partial charge in [-0.1, -0.05) is 23.2 Å². The van der Waals surface area contributed by atoms with E-state index < -0.39 is 0 Å². The number of carbonyl (C=O) groups excluding carboxylic acids is 1. The second kappa shape index (κ2) is 10.1. The number of hydrogen-bond acceptors (Lipinski definition) is 8. The van der Waals surface area contributed by atoms with Gasteiger partial charge in [-0.05, 0) is 57.1 Å². The number of nitrogens with one attached hydrogen (secondary N) is 2. The maximum atomic E-state index is 11.7. The first-order chi connectivity index (χ1) is 17.3. The second-order valence-corrected chi connectivity index (χ2v) is 10.3. The Balaban J connectivity index is 1.53. The van der Waals surface area contributed by atoms with Crippen LogP contribution in [0.1, 0.15) is 56.6 Å². The zero-order valence-electron chi connectivity index (χ0n) is 19.4. The number of aliphatic hydroxyl groups excluding tert-OH is 1. The quantitative estimate of drug-likeness (QED) is 0.369. The van der Waals surface area contributed by atoms with Gasteiger partial charge in [0.15, 0.2) is 5.65 Å². The van der Waals surface area contributed by atoms with E-state index in [1.807, 2.05) is 10.6 Å². The van der Waals surface area contributed by atoms with Crippen molar-refractivity contribution >= 4 is 57.9 Å². The van der Waals surface area contributed by atoms with Gasteiger partial charge >= 0.3 is 0 Å². The number of fused-ring (bicyclic) bond motifs is 1. The number of aromatic nitrogens is 4. The molecule has 36 heavy (non-hydrogen) atoms. The van der Waals surface area contributed by atoms with E-state index >= 15 is 0 Å². The van der Waals surface area contributed by atoms with Crippen molar-refractivity contribution in [2.45, 2.75) is 63.1 Å². The number of nitriles is 1. The lowest BCUT2D eigenvalue weighted by molar-refractivity contribution is -0.122. The summed E-state index contributed by atoms with van der Waals surface area (Å²) in [4.78, 5) is 25.7. The van der Waals surface area contributed by atoms with Gasteiger partial charge in [0.05, 0.1) is 39.7 Å². The molecule has 1 unspecified atom stereocenters. The van der Waals surface area contributed by atoms with Crippen LogP contribution in [0.25, 0.3) is 11.2 Å². The molecule has 0 spiro atoms. The summed E-state index contributed by atoms with van der Waals surface area (Å²) in [6, 6.07) is 5.24. The van der Waals surface area contributed by atoms with Crippen molar-refractivity contribution in [1.29, 1.82) is 5.26 Å². The van der Waals surface area contributed by atoms with Crippen LogP contribution in [-0.2, 0) is 4.79 Å². The molecule has 2 aliphatic rings. The predicted octanol–water partition coefficient (Wildman–Crippen LogP) is 4.29. The van der Waals surface area contributed by atoms with Crippen LogP contribution in [0.15, 0.2) is 18.3 Å². The molecule has 12 heteroatoms. The number of rotatable bonds is 6. The molecule has 10 nitrogen and oxygen atoms in total. The van der Waals surface area contributed by atoms with Crippen LogP contribution in [0.2, 0.25) is 10.0 Å². The van der Waals surface area contributed by atoms with Crippen LogP contribution in [0.4, 0.5) is 17.6 Å². The number of nitrogens with zero attached hydrogens (tertiary/aromatic N) is 5. The molecule has 5 rings (SSSR count). The number of amides is 1. The number of halogens is 2. The first-order valence-corrected chi connectivity index (χ1v) is 12.7. The number of hydrogen-bond donors (Lipinski definition) is 4. The lowest BCUT2D eigenvalue weighted by atomic mass is 9.85. The SMILES string of the molecule is N#Cc1cc(Cl)c(Nc2nc3cnc(N[C@@H]4CCC(O)C4)nc3n2C2CCC(C(N)=O)CC2)c(Cl)c1. The summed E-state index contributed by atoms with van der Waals surface area (Å²) < 4.78 is 2.01. The maximum Gasteiger partial charge on any atom is 0.224 e. The predicted molar refractivity (Wildman–Crippen MR) is 137 cm³/mol. The lowest BCUT2D eigenvalue weighted by Crippen LogP contribution is -2.29. The standard InChI is InChI=1S/C24H26Cl2N8O2/c25-17-7-12(10-27)8-18(26)20(17)32-24-31-19-11-29-23(30-14-3-6-16(35)9-14)33-22(19)34(24)15-4-1-13(2-5-15)21(28)36/h7-8,11,13-16,35H,1-6,9H2,(H2,28,36)(H,31,32)(H,29,30,33)/t13?,14-,15?,16?/m1/s1. The highest BCUT2D eigenvalue weighted by molar-refractivity contribution is 6.39. The van der Waals surface area contributed by atoms with Crippen LogP contribution >= 0.6 is 23.2 Å². The zero-order chi connectivity index (χ0) is 25.4. The number of nitrogens with two attached hydrogens (primary N) is 1. The molecule has 1 aromatic carbocycles. The molecule has 0 radical (unpaired) electrons.